The van der Waals surface area contributed by atoms with E-state index in [1.807, 2.05) is 37.5 Å². The van der Waals surface area contributed by atoms with Gasteiger partial charge in [0.15, 0.2) is 5.52 Å². The monoisotopic (exact) mass is 465 g/mol. The molecule has 1 aliphatic heterocycles. The average Bonchev–Trinajstić information content (AvgIpc) is 3.47. The number of carbonyl (C=O) groups is 1. The number of β-amino-alcohol motifs (C(OH)–C–C–N with tert-alkyl or cyclic N) is 1. The quantitative estimate of drug-likeness (QED) is 0.460. The van der Waals surface area contributed by atoms with Crippen LogP contribution in [-0.2, 0) is 25.4 Å². The highest BCUT2D eigenvalue weighted by Crippen LogP contribution is 2.26. The Morgan fingerprint density at radius 3 is 2.53 bits per heavy atom. The molecule has 11 heteroatoms. The number of nitrogens with zero attached hydrogens (tertiary/aromatic N) is 7. The van der Waals surface area contributed by atoms with Crippen LogP contribution >= 0.6 is 0 Å². The molecule has 0 spiro atoms. The largest absolute Gasteiger partial charge is 0.389 e. The molecule has 4 aromatic rings. The number of rotatable bonds is 3. The molecule has 0 aliphatic carbocycles. The van der Waals surface area contributed by atoms with Crippen LogP contribution in [0.15, 0.2) is 28.0 Å². The van der Waals surface area contributed by atoms with Crippen molar-refractivity contribution in [2.24, 2.45) is 14.1 Å². The van der Waals surface area contributed by atoms with Crippen molar-refractivity contribution in [2.75, 3.05) is 13.1 Å². The van der Waals surface area contributed by atoms with Crippen LogP contribution in [-0.4, -0.2) is 63.3 Å². The third-order valence-electron chi connectivity index (χ3n) is 6.98. The normalized spacial score (nSPS) is 18.5. The topological polar surface area (TPSA) is 120 Å². The molecule has 1 fully saturated rings. The summed E-state index contributed by atoms with van der Waals surface area (Å²) in [5.74, 6) is 0.604. The maximum Gasteiger partial charge on any atom is 0.332 e. The van der Waals surface area contributed by atoms with Gasteiger partial charge in [0.25, 0.3) is 5.56 Å². The van der Waals surface area contributed by atoms with Crippen LogP contribution in [0.2, 0.25) is 0 Å². The van der Waals surface area contributed by atoms with Gasteiger partial charge in [0.2, 0.25) is 5.91 Å². The smallest absolute Gasteiger partial charge is 0.332 e. The number of hydrogen-bond donors (Lipinski definition) is 1. The van der Waals surface area contributed by atoms with Crippen LogP contribution in [0.1, 0.15) is 23.0 Å². The molecule has 3 aromatic heterocycles. The first-order valence-electron chi connectivity index (χ1n) is 11.1. The van der Waals surface area contributed by atoms with Crippen molar-refractivity contribution in [1.29, 1.82) is 0 Å². The first-order chi connectivity index (χ1) is 16.1. The third kappa shape index (κ3) is 3.18. The fraction of sp³-hybridized carbons (Fsp3) is 0.435. The first kappa shape index (κ1) is 22.1. The van der Waals surface area contributed by atoms with Gasteiger partial charge in [-0.15, -0.1) is 0 Å². The van der Waals surface area contributed by atoms with Crippen molar-refractivity contribution >= 4 is 28.1 Å². The van der Waals surface area contributed by atoms with Crippen molar-refractivity contribution in [2.45, 2.75) is 39.5 Å². The summed E-state index contributed by atoms with van der Waals surface area (Å²) < 4.78 is 5.86. The SMILES string of the molecule is Cc1cc2nc(C)n(CC(=O)N3C[C@H](O)[C@@H](n4cnc5c(=O)n(C)c(=O)n(C)c54)C3)c2cc1C. The zero-order valence-corrected chi connectivity index (χ0v) is 19.8. The lowest BCUT2D eigenvalue weighted by molar-refractivity contribution is -0.131. The van der Waals surface area contributed by atoms with Gasteiger partial charge in [-0.1, -0.05) is 0 Å². The number of aliphatic hydroxyl groups excluding tert-OH is 1. The summed E-state index contributed by atoms with van der Waals surface area (Å²) in [5, 5.41) is 10.8. The molecule has 2 atom stereocenters. The second-order valence-electron chi connectivity index (χ2n) is 9.13. The molecule has 1 amide bonds. The van der Waals surface area contributed by atoms with Crippen molar-refractivity contribution in [3.63, 3.8) is 0 Å². The number of aromatic nitrogens is 6. The number of carbonyl (C=O) groups excluding carboxylic acids is 1. The molecule has 178 valence electrons. The van der Waals surface area contributed by atoms with Crippen LogP contribution in [0.3, 0.4) is 0 Å². The third-order valence-corrected chi connectivity index (χ3v) is 6.98. The number of benzene rings is 1. The van der Waals surface area contributed by atoms with Gasteiger partial charge < -0.3 is 19.1 Å². The molecule has 11 nitrogen and oxygen atoms in total. The Balaban J connectivity index is 1.45. The van der Waals surface area contributed by atoms with Gasteiger partial charge in [0.1, 0.15) is 18.0 Å². The molecular formula is C23H27N7O4. The van der Waals surface area contributed by atoms with E-state index in [-0.39, 0.29) is 31.1 Å². The summed E-state index contributed by atoms with van der Waals surface area (Å²) in [4.78, 5) is 48.6. The Labute approximate surface area is 194 Å². The van der Waals surface area contributed by atoms with Gasteiger partial charge in [-0.2, -0.15) is 0 Å². The molecule has 0 radical (unpaired) electrons. The number of hydrogen-bond acceptors (Lipinski definition) is 6. The lowest BCUT2D eigenvalue weighted by Crippen LogP contribution is -2.38. The van der Waals surface area contributed by atoms with Crippen LogP contribution in [0.4, 0.5) is 0 Å². The summed E-state index contributed by atoms with van der Waals surface area (Å²) >= 11 is 0. The average molecular weight is 466 g/mol. The van der Waals surface area contributed by atoms with E-state index < -0.39 is 23.4 Å². The van der Waals surface area contributed by atoms with Gasteiger partial charge in [-0.05, 0) is 44.0 Å². The Bertz CT molecular complexity index is 1590. The van der Waals surface area contributed by atoms with Gasteiger partial charge in [-0.25, -0.2) is 14.8 Å². The predicted octanol–water partition coefficient (Wildman–Crippen LogP) is 0.153. The van der Waals surface area contributed by atoms with E-state index in [4.69, 9.17) is 0 Å². The fourth-order valence-electron chi connectivity index (χ4n) is 4.82. The maximum absolute atomic E-state index is 13.2. The Morgan fingerprint density at radius 2 is 1.79 bits per heavy atom. The number of fused-ring (bicyclic) bond motifs is 2. The van der Waals surface area contributed by atoms with Gasteiger partial charge in [0, 0.05) is 27.2 Å². The second kappa shape index (κ2) is 7.66. The zero-order chi connectivity index (χ0) is 24.5. The number of aryl methyl sites for hydroxylation is 4. The van der Waals surface area contributed by atoms with Crippen molar-refractivity contribution in [1.82, 2.24) is 33.1 Å². The molecule has 1 saturated heterocycles. The van der Waals surface area contributed by atoms with Gasteiger partial charge in [-0.3, -0.25) is 18.7 Å². The summed E-state index contributed by atoms with van der Waals surface area (Å²) in [6.45, 7) is 6.42. The summed E-state index contributed by atoms with van der Waals surface area (Å²) in [7, 11) is 2.96. The lowest BCUT2D eigenvalue weighted by Gasteiger charge is -2.19. The van der Waals surface area contributed by atoms with Gasteiger partial charge >= 0.3 is 5.69 Å². The van der Waals surface area contributed by atoms with E-state index >= 15 is 0 Å². The molecule has 0 saturated carbocycles. The Morgan fingerprint density at radius 1 is 1.09 bits per heavy atom. The summed E-state index contributed by atoms with van der Waals surface area (Å²) in [6, 6.07) is 3.53. The van der Waals surface area contributed by atoms with E-state index in [1.54, 1.807) is 16.5 Å². The van der Waals surface area contributed by atoms with E-state index in [9.17, 15) is 19.5 Å². The van der Waals surface area contributed by atoms with Crippen LogP contribution in [0, 0.1) is 20.8 Å². The highest BCUT2D eigenvalue weighted by molar-refractivity contribution is 5.82. The minimum atomic E-state index is -0.869. The highest BCUT2D eigenvalue weighted by atomic mass is 16.3. The predicted molar refractivity (Wildman–Crippen MR) is 126 cm³/mol. The maximum atomic E-state index is 13.2. The first-order valence-corrected chi connectivity index (χ1v) is 11.1. The van der Waals surface area contributed by atoms with Crippen LogP contribution in [0.25, 0.3) is 22.2 Å². The standard InChI is InChI=1S/C23H27N7O4/c1-12-6-15-16(7-13(12)2)29(14(3)25-15)10-19(32)28-8-17(18(31)9-28)30-11-24-20-21(30)26(4)23(34)27(5)22(20)33/h6-7,11,17-18,31H,8-10H2,1-5H3/t17-,18-/m0/s1. The fourth-order valence-corrected chi connectivity index (χ4v) is 4.82. The number of aliphatic hydroxyl groups is 1. The van der Waals surface area contributed by atoms with Crippen molar-refractivity contribution < 1.29 is 9.90 Å². The van der Waals surface area contributed by atoms with E-state index in [1.165, 1.54) is 17.9 Å². The Hall–Kier alpha value is -3.73. The molecule has 34 heavy (non-hydrogen) atoms. The number of amides is 1. The van der Waals surface area contributed by atoms with Crippen molar-refractivity contribution in [3.05, 3.63) is 56.2 Å². The minimum Gasteiger partial charge on any atom is -0.389 e. The zero-order valence-electron chi connectivity index (χ0n) is 19.8. The number of imidazole rings is 2. The molecule has 0 bridgehead atoms. The second-order valence-corrected chi connectivity index (χ2v) is 9.13. The van der Waals surface area contributed by atoms with E-state index in [0.717, 1.165) is 32.6 Å². The van der Waals surface area contributed by atoms with Gasteiger partial charge in [0.05, 0.1) is 29.5 Å². The van der Waals surface area contributed by atoms with Crippen LogP contribution in [0.5, 0.6) is 0 Å². The number of likely N-dealkylation sites (tertiary alicyclic amines) is 1. The molecule has 1 N–H and O–H groups in total. The molecular weight excluding hydrogens is 438 g/mol. The van der Waals surface area contributed by atoms with E-state index in [0.29, 0.717) is 5.65 Å². The molecule has 1 aromatic carbocycles. The van der Waals surface area contributed by atoms with E-state index in [2.05, 4.69) is 9.97 Å². The highest BCUT2D eigenvalue weighted by Gasteiger charge is 2.37. The summed E-state index contributed by atoms with van der Waals surface area (Å²) in [5.41, 5.74) is 3.52. The summed E-state index contributed by atoms with van der Waals surface area (Å²) in [6.07, 6.45) is 0.581. The lowest BCUT2D eigenvalue weighted by atomic mass is 10.1. The van der Waals surface area contributed by atoms with Crippen LogP contribution < -0.4 is 11.2 Å². The molecule has 5 rings (SSSR count). The molecule has 1 aliphatic rings. The Kier molecular flexibility index (Phi) is 4.97. The van der Waals surface area contributed by atoms with Crippen molar-refractivity contribution in [3.8, 4) is 0 Å². The molecule has 0 unspecified atom stereocenters. The minimum absolute atomic E-state index is 0.105. The molecule has 4 heterocycles.